The van der Waals surface area contributed by atoms with Gasteiger partial charge in [-0.3, -0.25) is 4.79 Å². The highest BCUT2D eigenvalue weighted by Crippen LogP contribution is 2.40. The van der Waals surface area contributed by atoms with Crippen LogP contribution in [0.25, 0.3) is 11.3 Å². The van der Waals surface area contributed by atoms with E-state index in [1.165, 1.54) is 30.9 Å². The number of amides is 1. The van der Waals surface area contributed by atoms with Crippen molar-refractivity contribution in [3.63, 3.8) is 0 Å². The molecule has 0 saturated heterocycles. The van der Waals surface area contributed by atoms with E-state index in [4.69, 9.17) is 32.7 Å². The van der Waals surface area contributed by atoms with E-state index >= 15 is 0 Å². The molecule has 7 nitrogen and oxygen atoms in total. The Morgan fingerprint density at radius 2 is 1.83 bits per heavy atom. The highest BCUT2D eigenvalue weighted by molar-refractivity contribution is 7.98. The Hall–Kier alpha value is -2.03. The first kappa shape index (κ1) is 22.7. The third-order valence-electron chi connectivity index (χ3n) is 4.87. The lowest BCUT2D eigenvalue weighted by Gasteiger charge is -2.28. The number of fused-ring (bicyclic) bond motifs is 1. The molecular weight excluding hydrogens is 449 g/mol. The molecule has 1 atom stereocenters. The Bertz CT molecular complexity index is 1020. The first-order chi connectivity index (χ1) is 14.2. The molecule has 0 spiro atoms. The quantitative estimate of drug-likeness (QED) is 0.353. The van der Waals surface area contributed by atoms with Crippen molar-refractivity contribution in [2.75, 3.05) is 20.5 Å². The lowest BCUT2D eigenvalue weighted by Crippen LogP contribution is -2.45. The zero-order chi connectivity index (χ0) is 22.2. The summed E-state index contributed by atoms with van der Waals surface area (Å²) < 4.78 is 10.2. The molecule has 1 aromatic carbocycles. The highest BCUT2D eigenvalue weighted by Gasteiger charge is 2.41. The van der Waals surface area contributed by atoms with Gasteiger partial charge in [0.05, 0.1) is 36.5 Å². The van der Waals surface area contributed by atoms with Crippen molar-refractivity contribution < 1.29 is 19.1 Å². The summed E-state index contributed by atoms with van der Waals surface area (Å²) in [6.07, 6.45) is 1.82. The fraction of sp³-hybridized carbons (Fsp3) is 0.400. The molecule has 30 heavy (non-hydrogen) atoms. The Labute approximate surface area is 189 Å². The third kappa shape index (κ3) is 3.96. The predicted molar refractivity (Wildman–Crippen MR) is 116 cm³/mol. The SMILES string of the molecule is COC(=O)C(C(C)C)N1Cc2c(nc(SC)nc2-c2cc(OC)c(Cl)cc2Cl)C1=O. The zero-order valence-electron chi connectivity index (χ0n) is 17.2. The van der Waals surface area contributed by atoms with Gasteiger partial charge in [-0.1, -0.05) is 48.8 Å². The molecule has 0 saturated carbocycles. The summed E-state index contributed by atoms with van der Waals surface area (Å²) in [7, 11) is 2.81. The summed E-state index contributed by atoms with van der Waals surface area (Å²) in [5.41, 5.74) is 1.93. The second-order valence-electron chi connectivity index (χ2n) is 7.00. The van der Waals surface area contributed by atoms with Crippen LogP contribution in [0, 0.1) is 5.92 Å². The van der Waals surface area contributed by atoms with Crippen LogP contribution >= 0.6 is 35.0 Å². The Morgan fingerprint density at radius 3 is 2.40 bits per heavy atom. The molecule has 1 aliphatic rings. The molecule has 3 rings (SSSR count). The highest BCUT2D eigenvalue weighted by atomic mass is 35.5. The van der Waals surface area contributed by atoms with Crippen LogP contribution in [0.3, 0.4) is 0 Å². The topological polar surface area (TPSA) is 81.6 Å². The Morgan fingerprint density at radius 1 is 1.17 bits per heavy atom. The number of hydrogen-bond donors (Lipinski definition) is 0. The van der Waals surface area contributed by atoms with Gasteiger partial charge in [-0.2, -0.15) is 0 Å². The molecule has 0 N–H and O–H groups in total. The van der Waals surface area contributed by atoms with Crippen molar-refractivity contribution >= 4 is 46.8 Å². The minimum atomic E-state index is -0.738. The van der Waals surface area contributed by atoms with Crippen LogP contribution in [0.4, 0.5) is 0 Å². The number of benzene rings is 1. The van der Waals surface area contributed by atoms with Gasteiger partial charge in [-0.25, -0.2) is 14.8 Å². The van der Waals surface area contributed by atoms with E-state index in [0.29, 0.717) is 37.8 Å². The van der Waals surface area contributed by atoms with Crippen molar-refractivity contribution in [3.8, 4) is 17.0 Å². The van der Waals surface area contributed by atoms with E-state index in [-0.39, 0.29) is 24.1 Å². The average Bonchev–Trinajstić information content (AvgIpc) is 3.03. The maximum Gasteiger partial charge on any atom is 0.328 e. The minimum absolute atomic E-state index is 0.147. The molecule has 0 radical (unpaired) electrons. The van der Waals surface area contributed by atoms with E-state index in [9.17, 15) is 9.59 Å². The first-order valence-electron chi connectivity index (χ1n) is 9.10. The van der Waals surface area contributed by atoms with E-state index < -0.39 is 12.0 Å². The summed E-state index contributed by atoms with van der Waals surface area (Å²) in [4.78, 5) is 36.1. The van der Waals surface area contributed by atoms with Crippen LogP contribution in [-0.4, -0.2) is 53.3 Å². The van der Waals surface area contributed by atoms with Gasteiger partial charge in [0.15, 0.2) is 5.16 Å². The van der Waals surface area contributed by atoms with Crippen molar-refractivity contribution in [2.24, 2.45) is 5.92 Å². The number of hydrogen-bond acceptors (Lipinski definition) is 7. The van der Waals surface area contributed by atoms with Gasteiger partial charge in [0.2, 0.25) is 0 Å². The number of nitrogens with zero attached hydrogens (tertiary/aromatic N) is 3. The Balaban J connectivity index is 2.19. The van der Waals surface area contributed by atoms with E-state index in [0.717, 1.165) is 0 Å². The van der Waals surface area contributed by atoms with E-state index in [1.807, 2.05) is 20.1 Å². The zero-order valence-corrected chi connectivity index (χ0v) is 19.5. The number of carbonyl (C=O) groups excluding carboxylic acids is 2. The lowest BCUT2D eigenvalue weighted by atomic mass is 10.0. The molecular formula is C20H21Cl2N3O4S. The number of aromatic nitrogens is 2. The van der Waals surface area contributed by atoms with Gasteiger partial charge >= 0.3 is 5.97 Å². The van der Waals surface area contributed by atoms with Crippen molar-refractivity contribution in [2.45, 2.75) is 31.6 Å². The van der Waals surface area contributed by atoms with Gasteiger partial charge < -0.3 is 14.4 Å². The molecule has 0 aliphatic carbocycles. The number of rotatable bonds is 6. The summed E-state index contributed by atoms with van der Waals surface area (Å²) in [5, 5.41) is 1.15. The monoisotopic (exact) mass is 469 g/mol. The maximum atomic E-state index is 13.2. The second kappa shape index (κ2) is 8.99. The van der Waals surface area contributed by atoms with E-state index in [1.54, 1.807) is 12.1 Å². The summed E-state index contributed by atoms with van der Waals surface area (Å²) in [6, 6.07) is 2.52. The van der Waals surface area contributed by atoms with Crippen LogP contribution in [0.5, 0.6) is 5.75 Å². The standard InChI is InChI=1S/C20H21Cl2N3O4S/c1-9(2)17(19(27)29-4)25-8-11-15(23-20(30-5)24-16(11)18(25)26)10-6-14(28-3)13(22)7-12(10)21/h6-7,9,17H,8H2,1-5H3. The number of carbonyl (C=O) groups is 2. The number of ether oxygens (including phenoxy) is 2. The van der Waals surface area contributed by atoms with Crippen molar-refractivity contribution in [3.05, 3.63) is 33.4 Å². The van der Waals surface area contributed by atoms with Crippen LogP contribution in [0.1, 0.15) is 29.9 Å². The third-order valence-corrected chi connectivity index (χ3v) is 6.02. The number of halogens is 2. The average molecular weight is 470 g/mol. The van der Waals surface area contributed by atoms with Crippen LogP contribution in [0.2, 0.25) is 10.0 Å². The number of methoxy groups -OCH3 is 2. The molecule has 0 fully saturated rings. The molecule has 1 amide bonds. The first-order valence-corrected chi connectivity index (χ1v) is 11.1. The largest absolute Gasteiger partial charge is 0.495 e. The van der Waals surface area contributed by atoms with Crippen LogP contribution < -0.4 is 4.74 Å². The van der Waals surface area contributed by atoms with Gasteiger partial charge in [0, 0.05) is 11.1 Å². The molecule has 1 aromatic heterocycles. The van der Waals surface area contributed by atoms with E-state index in [2.05, 4.69) is 9.97 Å². The van der Waals surface area contributed by atoms with Gasteiger partial charge in [-0.05, 0) is 24.3 Å². The molecule has 0 bridgehead atoms. The molecule has 1 unspecified atom stereocenters. The molecule has 10 heteroatoms. The second-order valence-corrected chi connectivity index (χ2v) is 8.59. The van der Waals surface area contributed by atoms with Crippen LogP contribution in [-0.2, 0) is 16.1 Å². The number of thioether (sulfide) groups is 1. The summed E-state index contributed by atoms with van der Waals surface area (Å²) in [5.74, 6) is -0.529. The van der Waals surface area contributed by atoms with Gasteiger partial charge in [0.25, 0.3) is 5.91 Å². The fourth-order valence-electron chi connectivity index (χ4n) is 3.45. The molecule has 2 heterocycles. The minimum Gasteiger partial charge on any atom is -0.495 e. The predicted octanol–water partition coefficient (Wildman–Crippen LogP) is 4.33. The maximum absolute atomic E-state index is 13.2. The van der Waals surface area contributed by atoms with Gasteiger partial charge in [-0.15, -0.1) is 0 Å². The van der Waals surface area contributed by atoms with Crippen molar-refractivity contribution in [1.29, 1.82) is 0 Å². The smallest absolute Gasteiger partial charge is 0.328 e. The fourth-order valence-corrected chi connectivity index (χ4v) is 4.37. The van der Waals surface area contributed by atoms with Crippen molar-refractivity contribution in [1.82, 2.24) is 14.9 Å². The molecule has 160 valence electrons. The summed E-state index contributed by atoms with van der Waals surface area (Å²) >= 11 is 14.0. The van der Waals surface area contributed by atoms with Gasteiger partial charge in [0.1, 0.15) is 17.5 Å². The molecule has 2 aromatic rings. The number of esters is 1. The lowest BCUT2D eigenvalue weighted by molar-refractivity contribution is -0.147. The normalized spacial score (nSPS) is 14.1. The molecule has 1 aliphatic heterocycles. The Kier molecular flexibility index (Phi) is 6.79. The van der Waals surface area contributed by atoms with Crippen LogP contribution in [0.15, 0.2) is 17.3 Å². The summed E-state index contributed by atoms with van der Waals surface area (Å²) in [6.45, 7) is 3.88.